The van der Waals surface area contributed by atoms with E-state index in [1.165, 1.54) is 0 Å². The van der Waals surface area contributed by atoms with Crippen molar-refractivity contribution in [3.05, 3.63) is 12.2 Å². The van der Waals surface area contributed by atoms with E-state index in [0.29, 0.717) is 19.6 Å². The summed E-state index contributed by atoms with van der Waals surface area (Å²) in [6, 6.07) is 0.219. The van der Waals surface area contributed by atoms with Gasteiger partial charge in [0, 0.05) is 6.54 Å². The molecule has 4 nitrogen and oxygen atoms in total. The van der Waals surface area contributed by atoms with Crippen LogP contribution in [0.15, 0.2) is 12.2 Å². The molecule has 1 fully saturated rings. The van der Waals surface area contributed by atoms with Gasteiger partial charge in [0.15, 0.2) is 0 Å². The van der Waals surface area contributed by atoms with Gasteiger partial charge >= 0.3 is 5.97 Å². The Morgan fingerprint density at radius 2 is 2.40 bits per heavy atom. The molecular weight excluding hydrogens is 194 g/mol. The summed E-state index contributed by atoms with van der Waals surface area (Å²) in [5.41, 5.74) is 0. The van der Waals surface area contributed by atoms with Crippen LogP contribution in [0.2, 0.25) is 0 Å². The van der Waals surface area contributed by atoms with E-state index in [0.717, 1.165) is 6.42 Å². The molecule has 0 saturated carbocycles. The van der Waals surface area contributed by atoms with Gasteiger partial charge in [0.25, 0.3) is 0 Å². The van der Waals surface area contributed by atoms with Gasteiger partial charge in [0.2, 0.25) is 5.91 Å². The van der Waals surface area contributed by atoms with Gasteiger partial charge in [-0.2, -0.15) is 0 Å². The predicted molar refractivity (Wildman–Crippen MR) is 54.0 cm³/mol. The summed E-state index contributed by atoms with van der Waals surface area (Å²) in [5, 5.41) is 0. The fourth-order valence-corrected chi connectivity index (χ4v) is 2.19. The smallest absolute Gasteiger partial charge is 0.307 e. The highest BCUT2D eigenvalue weighted by Gasteiger charge is 2.40. The molecular formula is C11H15NO3. The highest BCUT2D eigenvalue weighted by atomic mass is 16.5. The fraction of sp³-hybridized carbons (Fsp3) is 0.636. The number of carbonyl (C=O) groups is 2. The Kier molecular flexibility index (Phi) is 2.75. The number of fused-ring (bicyclic) bond motifs is 2. The number of hydrogen-bond donors (Lipinski definition) is 0. The molecule has 82 valence electrons. The molecule has 0 aromatic heterocycles. The van der Waals surface area contributed by atoms with E-state index in [1.54, 1.807) is 11.8 Å². The maximum atomic E-state index is 11.7. The molecule has 2 atom stereocenters. The zero-order chi connectivity index (χ0) is 10.8. The minimum atomic E-state index is -0.225. The molecule has 1 amide bonds. The summed E-state index contributed by atoms with van der Waals surface area (Å²) in [5.74, 6) is 0.000970. The maximum Gasteiger partial charge on any atom is 0.307 e. The SMILES string of the molecule is CCOC(=O)CCN1C(=O)C2C=CC1C2. The van der Waals surface area contributed by atoms with Crippen LogP contribution in [-0.2, 0) is 14.3 Å². The molecule has 2 bridgehead atoms. The van der Waals surface area contributed by atoms with Crippen molar-refractivity contribution in [2.45, 2.75) is 25.8 Å². The lowest BCUT2D eigenvalue weighted by atomic mass is 10.1. The molecule has 1 heterocycles. The standard InChI is InChI=1S/C11H15NO3/c1-2-15-10(13)5-6-12-9-4-3-8(7-9)11(12)14/h3-4,8-9H,2,5-7H2,1H3. The summed E-state index contributed by atoms with van der Waals surface area (Å²) in [6.07, 6.45) is 5.21. The average molecular weight is 209 g/mol. The molecule has 2 rings (SSSR count). The normalized spacial score (nSPS) is 27.5. The minimum Gasteiger partial charge on any atom is -0.466 e. The summed E-state index contributed by atoms with van der Waals surface area (Å²) in [6.45, 7) is 2.67. The van der Waals surface area contributed by atoms with E-state index in [9.17, 15) is 9.59 Å². The highest BCUT2D eigenvalue weighted by Crippen LogP contribution is 2.32. The Hall–Kier alpha value is -1.32. The first kappa shape index (κ1) is 10.2. The van der Waals surface area contributed by atoms with E-state index in [1.807, 2.05) is 6.08 Å². The third kappa shape index (κ3) is 1.89. The number of nitrogens with zero attached hydrogens (tertiary/aromatic N) is 1. The van der Waals surface area contributed by atoms with E-state index >= 15 is 0 Å². The van der Waals surface area contributed by atoms with Crippen LogP contribution in [0, 0.1) is 5.92 Å². The van der Waals surface area contributed by atoms with Crippen molar-refractivity contribution < 1.29 is 14.3 Å². The summed E-state index contributed by atoms with van der Waals surface area (Å²) in [4.78, 5) is 24.6. The Bertz CT molecular complexity index is 311. The van der Waals surface area contributed by atoms with Crippen LogP contribution < -0.4 is 0 Å². The molecule has 15 heavy (non-hydrogen) atoms. The van der Waals surface area contributed by atoms with Crippen LogP contribution in [0.25, 0.3) is 0 Å². The first-order valence-electron chi connectivity index (χ1n) is 5.36. The Morgan fingerprint density at radius 3 is 3.00 bits per heavy atom. The van der Waals surface area contributed by atoms with Crippen LogP contribution in [-0.4, -0.2) is 36.0 Å². The molecule has 0 spiro atoms. The third-order valence-electron chi connectivity index (χ3n) is 2.92. The summed E-state index contributed by atoms with van der Waals surface area (Å²) < 4.78 is 4.82. The number of ether oxygens (including phenoxy) is 1. The summed E-state index contributed by atoms with van der Waals surface area (Å²) >= 11 is 0. The van der Waals surface area contributed by atoms with E-state index in [-0.39, 0.29) is 23.8 Å². The van der Waals surface area contributed by atoms with Gasteiger partial charge in [-0.05, 0) is 13.3 Å². The van der Waals surface area contributed by atoms with Gasteiger partial charge in [0.1, 0.15) is 0 Å². The van der Waals surface area contributed by atoms with Gasteiger partial charge in [-0.1, -0.05) is 12.2 Å². The molecule has 1 saturated heterocycles. The molecule has 1 aliphatic carbocycles. The van der Waals surface area contributed by atoms with E-state index in [4.69, 9.17) is 4.74 Å². The Labute approximate surface area is 88.9 Å². The van der Waals surface area contributed by atoms with Crippen LogP contribution in [0.3, 0.4) is 0 Å². The molecule has 1 aliphatic heterocycles. The van der Waals surface area contributed by atoms with Crippen LogP contribution in [0.1, 0.15) is 19.8 Å². The van der Waals surface area contributed by atoms with Gasteiger partial charge in [-0.3, -0.25) is 9.59 Å². The molecule has 0 aromatic rings. The highest BCUT2D eigenvalue weighted by molar-refractivity contribution is 5.85. The third-order valence-corrected chi connectivity index (χ3v) is 2.92. The van der Waals surface area contributed by atoms with Crippen LogP contribution in [0.4, 0.5) is 0 Å². The number of carbonyl (C=O) groups excluding carboxylic acids is 2. The Balaban J connectivity index is 1.83. The van der Waals surface area contributed by atoms with E-state index in [2.05, 4.69) is 6.08 Å². The second kappa shape index (κ2) is 4.04. The van der Waals surface area contributed by atoms with Crippen LogP contribution in [0.5, 0.6) is 0 Å². The quantitative estimate of drug-likeness (QED) is 0.506. The van der Waals surface area contributed by atoms with Crippen LogP contribution >= 0.6 is 0 Å². The second-order valence-corrected chi connectivity index (χ2v) is 3.88. The number of likely N-dealkylation sites (tertiary alicyclic amines) is 1. The van der Waals surface area contributed by atoms with Gasteiger partial charge < -0.3 is 9.64 Å². The zero-order valence-electron chi connectivity index (χ0n) is 8.81. The van der Waals surface area contributed by atoms with Crippen molar-refractivity contribution >= 4 is 11.9 Å². The lowest BCUT2D eigenvalue weighted by molar-refractivity contribution is -0.144. The minimum absolute atomic E-state index is 0.0668. The number of rotatable bonds is 4. The van der Waals surface area contributed by atoms with Crippen molar-refractivity contribution in [1.29, 1.82) is 0 Å². The zero-order valence-corrected chi connectivity index (χ0v) is 8.81. The van der Waals surface area contributed by atoms with Gasteiger partial charge in [0.05, 0.1) is 25.0 Å². The molecule has 0 N–H and O–H groups in total. The monoisotopic (exact) mass is 209 g/mol. The molecule has 2 unspecified atom stereocenters. The molecule has 2 aliphatic rings. The fourth-order valence-electron chi connectivity index (χ4n) is 2.19. The summed E-state index contributed by atoms with van der Waals surface area (Å²) in [7, 11) is 0. The topological polar surface area (TPSA) is 46.6 Å². The van der Waals surface area contributed by atoms with Crippen molar-refractivity contribution in [3.8, 4) is 0 Å². The largest absolute Gasteiger partial charge is 0.466 e. The Morgan fingerprint density at radius 1 is 1.60 bits per heavy atom. The first-order valence-corrected chi connectivity index (χ1v) is 5.36. The molecule has 0 aromatic carbocycles. The lowest BCUT2D eigenvalue weighted by Gasteiger charge is -2.23. The van der Waals surface area contributed by atoms with Crippen molar-refractivity contribution in [1.82, 2.24) is 4.90 Å². The van der Waals surface area contributed by atoms with Crippen molar-refractivity contribution in [2.24, 2.45) is 5.92 Å². The maximum absolute atomic E-state index is 11.7. The second-order valence-electron chi connectivity index (χ2n) is 3.88. The number of amides is 1. The lowest BCUT2D eigenvalue weighted by Crippen LogP contribution is -2.36. The van der Waals surface area contributed by atoms with Crippen molar-refractivity contribution in [3.63, 3.8) is 0 Å². The van der Waals surface area contributed by atoms with E-state index < -0.39 is 0 Å². The molecule has 4 heteroatoms. The molecule has 0 radical (unpaired) electrons. The van der Waals surface area contributed by atoms with Gasteiger partial charge in [-0.25, -0.2) is 0 Å². The van der Waals surface area contributed by atoms with Gasteiger partial charge in [-0.15, -0.1) is 0 Å². The van der Waals surface area contributed by atoms with Crippen molar-refractivity contribution in [2.75, 3.05) is 13.2 Å². The predicted octanol–water partition coefficient (Wildman–Crippen LogP) is 0.726. The first-order chi connectivity index (χ1) is 7.22. The number of esters is 1. The number of hydrogen-bond acceptors (Lipinski definition) is 3. The average Bonchev–Trinajstić information content (AvgIpc) is 2.76.